The van der Waals surface area contributed by atoms with E-state index in [9.17, 15) is 4.79 Å². The maximum Gasteiger partial charge on any atom is 0.224 e. The number of methoxy groups -OCH3 is 1. The number of carbonyl (C=O) groups excluding carboxylic acids is 1. The Labute approximate surface area is 159 Å². The second-order valence-corrected chi connectivity index (χ2v) is 7.98. The fraction of sp³-hybridized carbons (Fsp3) is 0.900. The van der Waals surface area contributed by atoms with Gasteiger partial charge in [-0.1, -0.05) is 12.8 Å². The summed E-state index contributed by atoms with van der Waals surface area (Å²) >= 11 is 0. The molecular formula is C20H38N4O2. The third-order valence-corrected chi connectivity index (χ3v) is 6.11. The van der Waals surface area contributed by atoms with Crippen LogP contribution in [0.25, 0.3) is 0 Å². The molecule has 1 aliphatic heterocycles. The van der Waals surface area contributed by atoms with E-state index in [-0.39, 0.29) is 5.91 Å². The van der Waals surface area contributed by atoms with Gasteiger partial charge in [0.05, 0.1) is 0 Å². The number of nitrogens with zero attached hydrogens (tertiary/aromatic N) is 2. The number of nitrogens with one attached hydrogen (secondary N) is 2. The van der Waals surface area contributed by atoms with E-state index in [1.165, 1.54) is 32.1 Å². The van der Waals surface area contributed by atoms with E-state index >= 15 is 0 Å². The van der Waals surface area contributed by atoms with Crippen molar-refractivity contribution in [1.29, 1.82) is 0 Å². The molecule has 1 saturated carbocycles. The SMILES string of the molecule is CN=C(NCCC(=O)N1CCCCC1C)NCC1(CCOC)CCCC1. The summed E-state index contributed by atoms with van der Waals surface area (Å²) in [6, 6.07) is 0.386. The lowest BCUT2D eigenvalue weighted by molar-refractivity contribution is -0.134. The van der Waals surface area contributed by atoms with Gasteiger partial charge in [0.25, 0.3) is 0 Å². The number of aliphatic imine (C=N–C) groups is 1. The Morgan fingerprint density at radius 1 is 1.23 bits per heavy atom. The molecule has 1 aliphatic carbocycles. The van der Waals surface area contributed by atoms with Crippen LogP contribution in [0, 0.1) is 5.41 Å². The molecule has 2 fully saturated rings. The van der Waals surface area contributed by atoms with Gasteiger partial charge in [-0.3, -0.25) is 9.79 Å². The van der Waals surface area contributed by atoms with Gasteiger partial charge in [0, 0.05) is 52.9 Å². The molecule has 0 aromatic carbocycles. The molecule has 2 rings (SSSR count). The van der Waals surface area contributed by atoms with Crippen molar-refractivity contribution in [2.45, 2.75) is 70.8 Å². The fourth-order valence-corrected chi connectivity index (χ4v) is 4.35. The minimum Gasteiger partial charge on any atom is -0.385 e. The Hall–Kier alpha value is -1.30. The molecule has 0 spiro atoms. The summed E-state index contributed by atoms with van der Waals surface area (Å²) < 4.78 is 5.30. The molecule has 6 nitrogen and oxygen atoms in total. The van der Waals surface area contributed by atoms with E-state index in [2.05, 4.69) is 22.5 Å². The Kier molecular flexibility index (Phi) is 8.69. The monoisotopic (exact) mass is 366 g/mol. The molecule has 1 unspecified atom stereocenters. The van der Waals surface area contributed by atoms with Gasteiger partial charge in [0.2, 0.25) is 5.91 Å². The lowest BCUT2D eigenvalue weighted by Gasteiger charge is -2.33. The molecule has 1 atom stereocenters. The van der Waals surface area contributed by atoms with E-state index in [1.807, 2.05) is 4.90 Å². The molecule has 2 N–H and O–H groups in total. The summed E-state index contributed by atoms with van der Waals surface area (Å²) in [4.78, 5) is 18.8. The predicted octanol–water partition coefficient (Wildman–Crippen LogP) is 2.54. The molecule has 26 heavy (non-hydrogen) atoms. The predicted molar refractivity (Wildman–Crippen MR) is 106 cm³/mol. The summed E-state index contributed by atoms with van der Waals surface area (Å²) in [7, 11) is 3.57. The Morgan fingerprint density at radius 2 is 2.00 bits per heavy atom. The third-order valence-electron chi connectivity index (χ3n) is 6.11. The first kappa shape index (κ1) is 21.0. The van der Waals surface area contributed by atoms with Crippen molar-refractivity contribution < 1.29 is 9.53 Å². The minimum absolute atomic E-state index is 0.257. The van der Waals surface area contributed by atoms with Crippen LogP contribution in [0.5, 0.6) is 0 Å². The van der Waals surface area contributed by atoms with Crippen molar-refractivity contribution in [3.8, 4) is 0 Å². The Balaban J connectivity index is 1.72. The molecule has 6 heteroatoms. The number of ether oxygens (including phenoxy) is 1. The largest absolute Gasteiger partial charge is 0.385 e. The second kappa shape index (κ2) is 10.8. The topological polar surface area (TPSA) is 66.0 Å². The molecule has 2 aliphatic rings. The molecule has 0 aromatic rings. The smallest absolute Gasteiger partial charge is 0.224 e. The molecule has 1 heterocycles. The van der Waals surface area contributed by atoms with Crippen molar-refractivity contribution in [3.05, 3.63) is 0 Å². The number of hydrogen-bond acceptors (Lipinski definition) is 3. The van der Waals surface area contributed by atoms with Crippen LogP contribution in [0.15, 0.2) is 4.99 Å². The second-order valence-electron chi connectivity index (χ2n) is 7.98. The highest BCUT2D eigenvalue weighted by Crippen LogP contribution is 2.40. The molecule has 150 valence electrons. The van der Waals surface area contributed by atoms with Gasteiger partial charge in [0.15, 0.2) is 5.96 Å². The number of hydrogen-bond donors (Lipinski definition) is 2. The summed E-state index contributed by atoms with van der Waals surface area (Å²) in [5, 5.41) is 6.79. The average Bonchev–Trinajstić information content (AvgIpc) is 3.12. The van der Waals surface area contributed by atoms with Gasteiger partial charge < -0.3 is 20.3 Å². The van der Waals surface area contributed by atoms with Crippen LogP contribution in [-0.2, 0) is 9.53 Å². The van der Waals surface area contributed by atoms with E-state index in [4.69, 9.17) is 4.74 Å². The van der Waals surface area contributed by atoms with Crippen LogP contribution in [0.3, 0.4) is 0 Å². The van der Waals surface area contributed by atoms with Crippen LogP contribution in [-0.4, -0.2) is 63.2 Å². The van der Waals surface area contributed by atoms with E-state index in [1.54, 1.807) is 14.2 Å². The highest BCUT2D eigenvalue weighted by molar-refractivity contribution is 5.81. The Morgan fingerprint density at radius 3 is 2.65 bits per heavy atom. The zero-order valence-electron chi connectivity index (χ0n) is 17.0. The van der Waals surface area contributed by atoms with E-state index in [0.29, 0.717) is 24.4 Å². The van der Waals surface area contributed by atoms with Crippen molar-refractivity contribution in [1.82, 2.24) is 15.5 Å². The minimum atomic E-state index is 0.257. The van der Waals surface area contributed by atoms with Gasteiger partial charge in [-0.05, 0) is 50.9 Å². The van der Waals surface area contributed by atoms with Crippen molar-refractivity contribution >= 4 is 11.9 Å². The molecule has 0 bridgehead atoms. The number of carbonyl (C=O) groups is 1. The summed E-state index contributed by atoms with van der Waals surface area (Å²) in [5.74, 6) is 1.06. The summed E-state index contributed by atoms with van der Waals surface area (Å²) in [5.41, 5.74) is 0.326. The quantitative estimate of drug-likeness (QED) is 0.512. The zero-order valence-corrected chi connectivity index (χ0v) is 17.0. The van der Waals surface area contributed by atoms with Crippen LogP contribution in [0.4, 0.5) is 0 Å². The van der Waals surface area contributed by atoms with Crippen molar-refractivity contribution in [3.63, 3.8) is 0 Å². The molecule has 1 amide bonds. The first-order chi connectivity index (χ1) is 12.6. The molecule has 0 radical (unpaired) electrons. The van der Waals surface area contributed by atoms with Gasteiger partial charge in [-0.25, -0.2) is 0 Å². The van der Waals surface area contributed by atoms with Crippen molar-refractivity contribution in [2.75, 3.05) is 40.4 Å². The van der Waals surface area contributed by atoms with Crippen LogP contribution < -0.4 is 10.6 Å². The summed E-state index contributed by atoms with van der Waals surface area (Å²) in [6.45, 7) is 5.44. The first-order valence-corrected chi connectivity index (χ1v) is 10.3. The number of amides is 1. The van der Waals surface area contributed by atoms with E-state index < -0.39 is 0 Å². The number of guanidine groups is 1. The maximum atomic E-state index is 12.4. The average molecular weight is 367 g/mol. The van der Waals surface area contributed by atoms with Gasteiger partial charge in [-0.15, -0.1) is 0 Å². The van der Waals surface area contributed by atoms with Gasteiger partial charge in [0.1, 0.15) is 0 Å². The van der Waals surface area contributed by atoms with E-state index in [0.717, 1.165) is 44.9 Å². The molecule has 1 saturated heterocycles. The van der Waals surface area contributed by atoms with Crippen LogP contribution >= 0.6 is 0 Å². The highest BCUT2D eigenvalue weighted by atomic mass is 16.5. The number of rotatable bonds is 8. The van der Waals surface area contributed by atoms with Gasteiger partial charge >= 0.3 is 0 Å². The molecular weight excluding hydrogens is 328 g/mol. The van der Waals surface area contributed by atoms with Gasteiger partial charge in [-0.2, -0.15) is 0 Å². The van der Waals surface area contributed by atoms with Crippen molar-refractivity contribution in [2.24, 2.45) is 10.4 Å². The summed E-state index contributed by atoms with van der Waals surface area (Å²) in [6.07, 6.45) is 10.3. The normalized spacial score (nSPS) is 23.1. The molecule has 0 aromatic heterocycles. The Bertz CT molecular complexity index is 461. The third kappa shape index (κ3) is 6.15. The highest BCUT2D eigenvalue weighted by Gasteiger charge is 2.33. The number of likely N-dealkylation sites (tertiary alicyclic amines) is 1. The maximum absolute atomic E-state index is 12.4. The lowest BCUT2D eigenvalue weighted by Crippen LogP contribution is -2.46. The standard InChI is InChI=1S/C20H38N4O2/c1-17-8-4-7-14-24(17)18(25)9-13-22-19(21-2)23-16-20(12-15-26-3)10-5-6-11-20/h17H,4-16H2,1-3H3,(H2,21,22,23). The van der Waals surface area contributed by atoms with Crippen LogP contribution in [0.2, 0.25) is 0 Å². The zero-order chi connectivity index (χ0) is 18.8. The first-order valence-electron chi connectivity index (χ1n) is 10.3. The van der Waals surface area contributed by atoms with Crippen LogP contribution in [0.1, 0.15) is 64.7 Å². The number of piperidine rings is 1. The fourth-order valence-electron chi connectivity index (χ4n) is 4.35. The lowest BCUT2D eigenvalue weighted by atomic mass is 9.83.